The summed E-state index contributed by atoms with van der Waals surface area (Å²) in [6.45, 7) is 10.8. The molecule has 3 atom stereocenters. The SMILES string of the molecule is COc1cc(-c2ccc(C3CCc4ccc([C@H](O)[C@H](C)C(=O)O)cc4O3)c(CN(C(C)C)C(C)C)c2)c(F)cn1. The van der Waals surface area contributed by atoms with Gasteiger partial charge in [0.25, 0.3) is 0 Å². The zero-order valence-electron chi connectivity index (χ0n) is 24.0. The van der Waals surface area contributed by atoms with Crippen LogP contribution in [0.3, 0.4) is 0 Å². The molecule has 4 rings (SSSR count). The van der Waals surface area contributed by atoms with Crippen LogP contribution in [0.15, 0.2) is 48.7 Å². The Kier molecular flexibility index (Phi) is 9.11. The molecule has 214 valence electrons. The van der Waals surface area contributed by atoms with Crippen molar-refractivity contribution in [3.05, 3.63) is 76.7 Å². The molecule has 3 aromatic rings. The summed E-state index contributed by atoms with van der Waals surface area (Å²) >= 11 is 0. The fraction of sp³-hybridized carbons (Fsp3) is 0.438. The van der Waals surface area contributed by atoms with Crippen molar-refractivity contribution in [3.63, 3.8) is 0 Å². The molecule has 0 saturated carbocycles. The number of ether oxygens (including phenoxy) is 2. The molecule has 1 aliphatic heterocycles. The van der Waals surface area contributed by atoms with Crippen LogP contribution >= 0.6 is 0 Å². The molecule has 0 amide bonds. The number of methoxy groups -OCH3 is 1. The van der Waals surface area contributed by atoms with E-state index < -0.39 is 23.8 Å². The lowest BCUT2D eigenvalue weighted by molar-refractivity contribution is -0.145. The van der Waals surface area contributed by atoms with E-state index in [-0.39, 0.29) is 6.10 Å². The third-order valence-electron chi connectivity index (χ3n) is 7.76. The number of hydrogen-bond donors (Lipinski definition) is 2. The van der Waals surface area contributed by atoms with E-state index in [0.29, 0.717) is 41.4 Å². The molecule has 0 radical (unpaired) electrons. The van der Waals surface area contributed by atoms with Crippen LogP contribution in [0.1, 0.15) is 75.5 Å². The second-order valence-corrected chi connectivity index (χ2v) is 11.1. The van der Waals surface area contributed by atoms with Crippen LogP contribution in [0.5, 0.6) is 11.6 Å². The van der Waals surface area contributed by atoms with Gasteiger partial charge in [0.15, 0.2) is 0 Å². The number of aliphatic hydroxyl groups excluding tert-OH is 1. The van der Waals surface area contributed by atoms with Gasteiger partial charge in [0.05, 0.1) is 25.3 Å². The Balaban J connectivity index is 1.73. The lowest BCUT2D eigenvalue weighted by Gasteiger charge is -2.33. The maximum Gasteiger partial charge on any atom is 0.309 e. The van der Waals surface area contributed by atoms with Gasteiger partial charge in [-0.3, -0.25) is 9.69 Å². The average Bonchev–Trinajstić information content (AvgIpc) is 2.94. The van der Waals surface area contributed by atoms with Crippen molar-refractivity contribution < 1.29 is 28.9 Å². The lowest BCUT2D eigenvalue weighted by atomic mass is 9.90. The molecule has 40 heavy (non-hydrogen) atoms. The predicted molar refractivity (Wildman–Crippen MR) is 152 cm³/mol. The third kappa shape index (κ3) is 6.29. The fourth-order valence-corrected chi connectivity index (χ4v) is 5.35. The van der Waals surface area contributed by atoms with E-state index >= 15 is 0 Å². The highest BCUT2D eigenvalue weighted by Crippen LogP contribution is 2.40. The van der Waals surface area contributed by atoms with Gasteiger partial charge in [-0.05, 0) is 87.4 Å². The van der Waals surface area contributed by atoms with E-state index in [2.05, 4.69) is 37.6 Å². The first-order chi connectivity index (χ1) is 19.0. The number of benzene rings is 2. The highest BCUT2D eigenvalue weighted by atomic mass is 19.1. The standard InChI is InChI=1S/C32H39FN2O5/c1-18(2)35(19(3)4)17-24-13-22(26-15-30(39-6)34-16-27(26)33)9-11-25(24)28-12-10-21-7-8-23(14-29(21)40-28)31(36)20(5)32(37)38/h7-9,11,13-16,18-20,28,31,36H,10,12,17H2,1-6H3,(H,37,38)/t20-,28?,31+/m0/s1. The highest BCUT2D eigenvalue weighted by molar-refractivity contribution is 5.70. The monoisotopic (exact) mass is 550 g/mol. The van der Waals surface area contributed by atoms with Gasteiger partial charge in [-0.1, -0.05) is 24.3 Å². The first-order valence-electron chi connectivity index (χ1n) is 13.8. The van der Waals surface area contributed by atoms with Crippen LogP contribution in [0.25, 0.3) is 11.1 Å². The van der Waals surface area contributed by atoms with Crippen molar-refractivity contribution in [3.8, 4) is 22.8 Å². The number of rotatable bonds is 10. The van der Waals surface area contributed by atoms with Crippen LogP contribution in [-0.2, 0) is 17.8 Å². The van der Waals surface area contributed by atoms with E-state index in [9.17, 15) is 19.4 Å². The molecule has 1 aliphatic rings. The van der Waals surface area contributed by atoms with E-state index in [4.69, 9.17) is 9.47 Å². The third-order valence-corrected chi connectivity index (χ3v) is 7.76. The molecule has 0 saturated heterocycles. The summed E-state index contributed by atoms with van der Waals surface area (Å²) in [4.78, 5) is 17.8. The normalized spacial score (nSPS) is 16.5. The maximum absolute atomic E-state index is 14.9. The quantitative estimate of drug-likeness (QED) is 0.305. The van der Waals surface area contributed by atoms with E-state index in [1.54, 1.807) is 18.2 Å². The molecule has 0 aliphatic carbocycles. The molecule has 2 heterocycles. The zero-order chi connectivity index (χ0) is 29.1. The molecule has 8 heteroatoms. The molecular weight excluding hydrogens is 511 g/mol. The van der Waals surface area contributed by atoms with Gasteiger partial charge < -0.3 is 19.7 Å². The summed E-state index contributed by atoms with van der Waals surface area (Å²) in [5.74, 6) is -1.43. The van der Waals surface area contributed by atoms with Crippen molar-refractivity contribution in [2.45, 2.75) is 78.3 Å². The Bertz CT molecular complexity index is 1350. The van der Waals surface area contributed by atoms with Gasteiger partial charge in [-0.25, -0.2) is 9.37 Å². The number of aromatic nitrogens is 1. The number of carboxylic acid groups (broad SMARTS) is 1. The maximum atomic E-state index is 14.9. The van der Waals surface area contributed by atoms with Gasteiger partial charge in [0.2, 0.25) is 5.88 Å². The summed E-state index contributed by atoms with van der Waals surface area (Å²) in [6, 6.07) is 13.6. The zero-order valence-corrected chi connectivity index (χ0v) is 24.0. The van der Waals surface area contributed by atoms with Gasteiger partial charge >= 0.3 is 5.97 Å². The Hall–Kier alpha value is -3.49. The minimum atomic E-state index is -1.14. The summed E-state index contributed by atoms with van der Waals surface area (Å²) < 4.78 is 26.6. The summed E-state index contributed by atoms with van der Waals surface area (Å²) in [7, 11) is 1.51. The van der Waals surface area contributed by atoms with E-state index in [1.807, 2.05) is 24.3 Å². The number of aliphatic carboxylic acids is 1. The summed E-state index contributed by atoms with van der Waals surface area (Å²) in [6.07, 6.45) is 1.32. The topological polar surface area (TPSA) is 92.1 Å². The summed E-state index contributed by atoms with van der Waals surface area (Å²) in [5, 5.41) is 19.9. The van der Waals surface area contributed by atoms with Crippen molar-refractivity contribution in [1.82, 2.24) is 9.88 Å². The first-order valence-corrected chi connectivity index (χ1v) is 13.8. The second-order valence-electron chi connectivity index (χ2n) is 11.1. The molecule has 1 aromatic heterocycles. The number of halogens is 1. The second kappa shape index (κ2) is 12.4. The lowest BCUT2D eigenvalue weighted by Crippen LogP contribution is -2.36. The van der Waals surface area contributed by atoms with Gasteiger partial charge in [0.1, 0.15) is 17.7 Å². The number of fused-ring (bicyclic) bond motifs is 1. The van der Waals surface area contributed by atoms with E-state index in [1.165, 1.54) is 20.2 Å². The van der Waals surface area contributed by atoms with Gasteiger partial charge in [-0.2, -0.15) is 0 Å². The molecule has 7 nitrogen and oxygen atoms in total. The molecule has 2 N–H and O–H groups in total. The molecule has 0 fully saturated rings. The number of carbonyl (C=O) groups is 1. The first kappa shape index (κ1) is 29.5. The van der Waals surface area contributed by atoms with Crippen molar-refractivity contribution in [2.24, 2.45) is 5.92 Å². The molecular formula is C32H39FN2O5. The van der Waals surface area contributed by atoms with Crippen LogP contribution < -0.4 is 9.47 Å². The largest absolute Gasteiger partial charge is 0.485 e. The van der Waals surface area contributed by atoms with Gasteiger partial charge in [-0.15, -0.1) is 0 Å². The van der Waals surface area contributed by atoms with Crippen molar-refractivity contribution >= 4 is 5.97 Å². The Labute approximate surface area is 235 Å². The van der Waals surface area contributed by atoms with Crippen LogP contribution in [0, 0.1) is 11.7 Å². The number of nitrogens with zero attached hydrogens (tertiary/aromatic N) is 2. The molecule has 0 spiro atoms. The van der Waals surface area contributed by atoms with Crippen molar-refractivity contribution in [1.29, 1.82) is 0 Å². The van der Waals surface area contributed by atoms with Gasteiger partial charge in [0, 0.05) is 30.3 Å². The number of aryl methyl sites for hydroxylation is 1. The Morgan fingerprint density at radius 3 is 2.50 bits per heavy atom. The van der Waals surface area contributed by atoms with E-state index in [0.717, 1.165) is 35.1 Å². The fourth-order valence-electron chi connectivity index (χ4n) is 5.35. The number of pyridine rings is 1. The molecule has 0 bridgehead atoms. The Morgan fingerprint density at radius 2 is 1.85 bits per heavy atom. The van der Waals surface area contributed by atoms with Crippen LogP contribution in [-0.4, -0.2) is 45.3 Å². The highest BCUT2D eigenvalue weighted by Gasteiger charge is 2.28. The van der Waals surface area contributed by atoms with Crippen LogP contribution in [0.2, 0.25) is 0 Å². The summed E-state index contributed by atoms with van der Waals surface area (Å²) in [5.41, 5.74) is 4.74. The minimum absolute atomic E-state index is 0.251. The average molecular weight is 551 g/mol. The molecule has 1 unspecified atom stereocenters. The van der Waals surface area contributed by atoms with Crippen molar-refractivity contribution in [2.75, 3.05) is 7.11 Å². The minimum Gasteiger partial charge on any atom is -0.485 e. The molecule has 2 aromatic carbocycles. The number of aliphatic hydroxyl groups is 1. The number of hydrogen-bond acceptors (Lipinski definition) is 6. The predicted octanol–water partition coefficient (Wildman–Crippen LogP) is 6.34. The number of carboxylic acids is 1. The smallest absolute Gasteiger partial charge is 0.309 e. The Morgan fingerprint density at radius 1 is 1.12 bits per heavy atom. The van der Waals surface area contributed by atoms with Crippen LogP contribution in [0.4, 0.5) is 4.39 Å².